The number of aliphatic carboxylic acids is 1. The molecule has 0 aliphatic rings. The van der Waals surface area contributed by atoms with Gasteiger partial charge in [-0.3, -0.25) is 4.79 Å². The van der Waals surface area contributed by atoms with Crippen LogP contribution in [0.1, 0.15) is 19.4 Å². The highest BCUT2D eigenvalue weighted by atomic mass is 16.4. The first-order chi connectivity index (χ1) is 7.50. The molecule has 0 radical (unpaired) electrons. The van der Waals surface area contributed by atoms with E-state index in [0.29, 0.717) is 6.42 Å². The van der Waals surface area contributed by atoms with Crippen LogP contribution in [0.5, 0.6) is 0 Å². The Morgan fingerprint density at radius 2 is 2.31 bits per heavy atom. The number of H-pyrrole nitrogens is 1. The molecule has 2 aromatic heterocycles. The van der Waals surface area contributed by atoms with Gasteiger partial charge in [0.05, 0.1) is 5.41 Å². The zero-order chi connectivity index (χ0) is 11.8. The zero-order valence-corrected chi connectivity index (χ0v) is 9.32. The number of nitrogens with one attached hydrogen (secondary N) is 1. The molecule has 2 N–H and O–H groups in total. The molecule has 0 aliphatic carbocycles. The number of rotatable bonds is 3. The Hall–Kier alpha value is -1.84. The molecule has 0 bridgehead atoms. The molecule has 0 spiro atoms. The number of carboxylic acids is 1. The van der Waals surface area contributed by atoms with Crippen molar-refractivity contribution in [1.29, 1.82) is 0 Å². The molecule has 84 valence electrons. The van der Waals surface area contributed by atoms with E-state index in [1.54, 1.807) is 20.0 Å². The minimum atomic E-state index is -0.786. The van der Waals surface area contributed by atoms with E-state index in [-0.39, 0.29) is 0 Å². The third-order valence-electron chi connectivity index (χ3n) is 2.75. The smallest absolute Gasteiger partial charge is 0.309 e. The fraction of sp³-hybridized carbons (Fsp3) is 0.333. The number of carboxylic acid groups (broad SMARTS) is 1. The number of carbonyl (C=O) groups is 1. The number of aromatic amines is 1. The first kappa shape index (κ1) is 10.7. The molecule has 0 fully saturated rings. The average Bonchev–Trinajstić information content (AvgIpc) is 2.61. The van der Waals surface area contributed by atoms with Gasteiger partial charge in [0.1, 0.15) is 5.65 Å². The highest BCUT2D eigenvalue weighted by Crippen LogP contribution is 2.26. The van der Waals surface area contributed by atoms with Crippen LogP contribution < -0.4 is 0 Å². The topological polar surface area (TPSA) is 66.0 Å². The van der Waals surface area contributed by atoms with E-state index in [2.05, 4.69) is 9.97 Å². The minimum absolute atomic E-state index is 0.494. The lowest BCUT2D eigenvalue weighted by molar-refractivity contribution is -0.146. The quantitative estimate of drug-likeness (QED) is 0.830. The van der Waals surface area contributed by atoms with E-state index in [1.165, 1.54) is 0 Å². The van der Waals surface area contributed by atoms with E-state index < -0.39 is 11.4 Å². The molecule has 4 heteroatoms. The molecule has 0 saturated heterocycles. The van der Waals surface area contributed by atoms with Crippen molar-refractivity contribution < 1.29 is 9.90 Å². The molecule has 0 aliphatic heterocycles. The summed E-state index contributed by atoms with van der Waals surface area (Å²) in [6.07, 6.45) is 4.04. The molecular formula is C12H14N2O2. The van der Waals surface area contributed by atoms with E-state index >= 15 is 0 Å². The monoisotopic (exact) mass is 218 g/mol. The zero-order valence-electron chi connectivity index (χ0n) is 9.32. The van der Waals surface area contributed by atoms with Gasteiger partial charge in [0, 0.05) is 17.8 Å². The molecule has 0 saturated carbocycles. The normalized spacial score (nSPS) is 11.9. The second kappa shape index (κ2) is 3.63. The minimum Gasteiger partial charge on any atom is -0.481 e. The molecular weight excluding hydrogens is 204 g/mol. The summed E-state index contributed by atoms with van der Waals surface area (Å²) in [4.78, 5) is 18.3. The molecule has 0 aromatic carbocycles. The van der Waals surface area contributed by atoms with E-state index in [4.69, 9.17) is 5.11 Å². The summed E-state index contributed by atoms with van der Waals surface area (Å²) >= 11 is 0. The maximum atomic E-state index is 11.1. The van der Waals surface area contributed by atoms with Crippen LogP contribution in [-0.2, 0) is 11.2 Å². The fourth-order valence-corrected chi connectivity index (χ4v) is 1.71. The van der Waals surface area contributed by atoms with Crippen molar-refractivity contribution in [1.82, 2.24) is 9.97 Å². The summed E-state index contributed by atoms with van der Waals surface area (Å²) in [6.45, 7) is 3.45. The van der Waals surface area contributed by atoms with Crippen molar-refractivity contribution in [3.8, 4) is 0 Å². The van der Waals surface area contributed by atoms with Crippen molar-refractivity contribution in [2.75, 3.05) is 0 Å². The summed E-state index contributed by atoms with van der Waals surface area (Å²) in [7, 11) is 0. The SMILES string of the molecule is CC(C)(Cc1c[nH]c2ncccc12)C(=O)O. The Bertz CT molecular complexity index is 529. The predicted octanol–water partition coefficient (Wildman–Crippen LogP) is 2.22. The van der Waals surface area contributed by atoms with E-state index in [9.17, 15) is 4.79 Å². The van der Waals surface area contributed by atoms with Crippen LogP contribution >= 0.6 is 0 Å². The van der Waals surface area contributed by atoms with E-state index in [1.807, 2.05) is 18.3 Å². The molecule has 4 nitrogen and oxygen atoms in total. The van der Waals surface area contributed by atoms with Crippen LogP contribution in [0.3, 0.4) is 0 Å². The largest absolute Gasteiger partial charge is 0.481 e. The third-order valence-corrected chi connectivity index (χ3v) is 2.75. The summed E-state index contributed by atoms with van der Waals surface area (Å²) in [5, 5.41) is 10.1. The summed E-state index contributed by atoms with van der Waals surface area (Å²) < 4.78 is 0. The molecule has 2 aromatic rings. The Labute approximate surface area is 93.3 Å². The molecule has 2 heterocycles. The van der Waals surface area contributed by atoms with Crippen LogP contribution in [0.2, 0.25) is 0 Å². The third kappa shape index (κ3) is 1.78. The number of hydrogen-bond donors (Lipinski definition) is 2. The second-order valence-corrected chi connectivity index (χ2v) is 4.58. The Balaban J connectivity index is 2.38. The fourth-order valence-electron chi connectivity index (χ4n) is 1.71. The molecule has 2 rings (SSSR count). The van der Waals surface area contributed by atoms with Crippen LogP contribution in [0, 0.1) is 5.41 Å². The lowest BCUT2D eigenvalue weighted by Crippen LogP contribution is -2.26. The maximum Gasteiger partial charge on any atom is 0.309 e. The number of pyridine rings is 1. The average molecular weight is 218 g/mol. The first-order valence-electron chi connectivity index (χ1n) is 5.15. The van der Waals surface area contributed by atoms with E-state index in [0.717, 1.165) is 16.6 Å². The van der Waals surface area contributed by atoms with Gasteiger partial charge in [0.2, 0.25) is 0 Å². The number of nitrogens with zero attached hydrogens (tertiary/aromatic N) is 1. The lowest BCUT2D eigenvalue weighted by Gasteiger charge is -2.18. The van der Waals surface area contributed by atoms with Crippen molar-refractivity contribution in [3.05, 3.63) is 30.1 Å². The van der Waals surface area contributed by atoms with Gasteiger partial charge in [0.25, 0.3) is 0 Å². The van der Waals surface area contributed by atoms with Gasteiger partial charge in [0.15, 0.2) is 0 Å². The highest BCUT2D eigenvalue weighted by Gasteiger charge is 2.28. The van der Waals surface area contributed by atoms with Gasteiger partial charge in [-0.15, -0.1) is 0 Å². The van der Waals surface area contributed by atoms with Gasteiger partial charge in [-0.05, 0) is 38.0 Å². The van der Waals surface area contributed by atoms with Gasteiger partial charge in [-0.2, -0.15) is 0 Å². The number of aromatic nitrogens is 2. The molecule has 0 amide bonds. The second-order valence-electron chi connectivity index (χ2n) is 4.58. The summed E-state index contributed by atoms with van der Waals surface area (Å²) in [5.41, 5.74) is 1.04. The van der Waals surface area contributed by atoms with Gasteiger partial charge >= 0.3 is 5.97 Å². The van der Waals surface area contributed by atoms with Crippen molar-refractivity contribution in [2.45, 2.75) is 20.3 Å². The Morgan fingerprint density at radius 1 is 1.56 bits per heavy atom. The highest BCUT2D eigenvalue weighted by molar-refractivity contribution is 5.81. The number of hydrogen-bond acceptors (Lipinski definition) is 2. The molecule has 16 heavy (non-hydrogen) atoms. The first-order valence-corrected chi connectivity index (χ1v) is 5.15. The van der Waals surface area contributed by atoms with Crippen molar-refractivity contribution in [2.24, 2.45) is 5.41 Å². The van der Waals surface area contributed by atoms with Crippen LogP contribution in [0.15, 0.2) is 24.5 Å². The van der Waals surface area contributed by atoms with Gasteiger partial charge in [-0.25, -0.2) is 4.98 Å². The predicted molar refractivity (Wildman–Crippen MR) is 61.2 cm³/mol. The molecule has 0 atom stereocenters. The van der Waals surface area contributed by atoms with Crippen LogP contribution in [0.25, 0.3) is 11.0 Å². The maximum absolute atomic E-state index is 11.1. The van der Waals surface area contributed by atoms with Crippen LogP contribution in [-0.4, -0.2) is 21.0 Å². The number of fused-ring (bicyclic) bond motifs is 1. The van der Waals surface area contributed by atoms with Gasteiger partial charge < -0.3 is 10.1 Å². The van der Waals surface area contributed by atoms with Crippen molar-refractivity contribution >= 4 is 17.0 Å². The van der Waals surface area contributed by atoms with Crippen LogP contribution in [0.4, 0.5) is 0 Å². The summed E-state index contributed by atoms with van der Waals surface area (Å²) in [6, 6.07) is 3.81. The Kier molecular flexibility index (Phi) is 2.42. The lowest BCUT2D eigenvalue weighted by atomic mass is 9.86. The summed E-state index contributed by atoms with van der Waals surface area (Å²) in [5.74, 6) is -0.786. The Morgan fingerprint density at radius 3 is 3.00 bits per heavy atom. The standard InChI is InChI=1S/C12H14N2O2/c1-12(2,11(15)16)6-8-7-14-10-9(8)4-3-5-13-10/h3-5,7H,6H2,1-2H3,(H,13,14)(H,15,16). The van der Waals surface area contributed by atoms with Crippen molar-refractivity contribution in [3.63, 3.8) is 0 Å². The van der Waals surface area contributed by atoms with Gasteiger partial charge in [-0.1, -0.05) is 0 Å². The molecule has 0 unspecified atom stereocenters.